The fourth-order valence-corrected chi connectivity index (χ4v) is 10.7. The third kappa shape index (κ3) is 17.6. The van der Waals surface area contributed by atoms with Crippen LogP contribution >= 0.6 is 0 Å². The molecule has 0 radical (unpaired) electrons. The number of hydrogen-bond donors (Lipinski definition) is 3. The molecule has 0 saturated carbocycles. The lowest BCUT2D eigenvalue weighted by atomic mass is 9.95. The summed E-state index contributed by atoms with van der Waals surface area (Å²) in [5.74, 6) is 0. The minimum absolute atomic E-state index is 0.0589. The van der Waals surface area contributed by atoms with Crippen LogP contribution in [0, 0.1) is 0 Å². The fourth-order valence-electron chi connectivity index (χ4n) is 10.7. The Morgan fingerprint density at radius 1 is 0.306 bits per heavy atom. The zero-order valence-corrected chi connectivity index (χ0v) is 47.8. The maximum absolute atomic E-state index is 11.9. The van der Waals surface area contributed by atoms with Gasteiger partial charge in [-0.3, -0.25) is 0 Å². The van der Waals surface area contributed by atoms with Gasteiger partial charge in [0.15, 0.2) is 18.9 Å². The first-order valence-corrected chi connectivity index (χ1v) is 29.3. The summed E-state index contributed by atoms with van der Waals surface area (Å²) in [4.78, 5) is 0. The van der Waals surface area contributed by atoms with Crippen molar-refractivity contribution < 1.29 is 76.9 Å². The molecule has 16 heteroatoms. The van der Waals surface area contributed by atoms with Crippen LogP contribution in [0.3, 0.4) is 0 Å². The van der Waals surface area contributed by atoms with E-state index < -0.39 is 98.7 Å². The van der Waals surface area contributed by atoms with Gasteiger partial charge in [-0.1, -0.05) is 212 Å². The average Bonchev–Trinajstić information content (AvgIpc) is 2.33. The lowest BCUT2D eigenvalue weighted by Gasteiger charge is -2.51. The van der Waals surface area contributed by atoms with Crippen molar-refractivity contribution >= 4 is 0 Å². The van der Waals surface area contributed by atoms with Crippen molar-refractivity contribution in [2.24, 2.45) is 0 Å². The second-order valence-electron chi connectivity index (χ2n) is 21.3. The second-order valence-corrected chi connectivity index (χ2v) is 21.3. The van der Waals surface area contributed by atoms with Crippen LogP contribution in [0.1, 0.15) is 45.9 Å². The SMILES string of the molecule is CCO[C@@H]1O[C@H](CO)[C@@H](O[C@H]2O[C@H](COCc3ccccc3)[C@@H](O[C@@H]3O[C@H](COCc4ccccc4)[C@@H](OCc4ccccc4)[C@H](OCc4ccccc4)[C@H]3OCc3ccccc3)[C@H](OCc3ccccc3)[C@H]2OCc2ccccc2)[C@H](O)[C@H]1O. The molecule has 0 aliphatic carbocycles. The van der Waals surface area contributed by atoms with Crippen LogP contribution in [0.2, 0.25) is 0 Å². The number of rotatable bonds is 30. The van der Waals surface area contributed by atoms with Crippen LogP contribution in [-0.4, -0.2) is 134 Å². The lowest BCUT2D eigenvalue weighted by molar-refractivity contribution is -0.392. The van der Waals surface area contributed by atoms with E-state index in [1.165, 1.54) is 0 Å². The molecule has 450 valence electrons. The molecule has 0 amide bonds. The van der Waals surface area contributed by atoms with Gasteiger partial charge < -0.3 is 76.9 Å². The van der Waals surface area contributed by atoms with Gasteiger partial charge in [0.05, 0.1) is 66.1 Å². The molecule has 3 saturated heterocycles. The van der Waals surface area contributed by atoms with E-state index >= 15 is 0 Å². The molecule has 0 spiro atoms. The zero-order valence-electron chi connectivity index (χ0n) is 47.8. The molecule has 16 nitrogen and oxygen atoms in total. The average molecular weight is 1160 g/mol. The third-order valence-electron chi connectivity index (χ3n) is 15.1. The minimum atomic E-state index is -1.60. The van der Waals surface area contributed by atoms with Gasteiger partial charge in [0.2, 0.25) is 0 Å². The van der Waals surface area contributed by atoms with Gasteiger partial charge in [-0.2, -0.15) is 0 Å². The molecule has 3 heterocycles. The number of aliphatic hydroxyl groups is 3. The summed E-state index contributed by atoms with van der Waals surface area (Å²) in [7, 11) is 0. The molecule has 0 aromatic heterocycles. The summed E-state index contributed by atoms with van der Waals surface area (Å²) in [5, 5.41) is 34.1. The molecule has 3 aliphatic rings. The van der Waals surface area contributed by atoms with Crippen LogP contribution < -0.4 is 0 Å². The van der Waals surface area contributed by atoms with Gasteiger partial charge in [0.1, 0.15) is 73.2 Å². The van der Waals surface area contributed by atoms with Gasteiger partial charge in [-0.25, -0.2) is 0 Å². The first-order valence-electron chi connectivity index (χ1n) is 29.3. The van der Waals surface area contributed by atoms with Crippen molar-refractivity contribution in [3.8, 4) is 0 Å². The smallest absolute Gasteiger partial charge is 0.187 e. The Hall–Kier alpha value is -6.10. The van der Waals surface area contributed by atoms with Crippen LogP contribution in [0.25, 0.3) is 0 Å². The number of aliphatic hydroxyl groups excluding tert-OH is 3. The van der Waals surface area contributed by atoms with Crippen LogP contribution in [0.15, 0.2) is 212 Å². The molecule has 0 bridgehead atoms. The van der Waals surface area contributed by atoms with Gasteiger partial charge >= 0.3 is 0 Å². The van der Waals surface area contributed by atoms with Gasteiger partial charge in [-0.05, 0) is 45.9 Å². The largest absolute Gasteiger partial charge is 0.394 e. The lowest BCUT2D eigenvalue weighted by Crippen LogP contribution is -2.68. The van der Waals surface area contributed by atoms with Crippen LogP contribution in [0.4, 0.5) is 0 Å². The molecule has 7 aromatic carbocycles. The molecular weight excluding hydrogens is 1080 g/mol. The molecule has 0 unspecified atom stereocenters. The van der Waals surface area contributed by atoms with Crippen molar-refractivity contribution in [1.82, 2.24) is 0 Å². The van der Waals surface area contributed by atoms with E-state index in [-0.39, 0.29) is 66.1 Å². The standard InChI is InChI=1S/C69H78O16/c1-2-75-67-59(72)58(71)60(55(38-70)81-67)84-68-66(80-45-54-36-22-9-23-37-54)64(78-43-52-32-18-7-19-33-52)62(57(83-68)47-74-40-49-26-12-4-13-27-49)85-69-65(79-44-53-34-20-8-21-35-53)63(77-42-51-30-16-6-17-31-51)61(76-41-50-28-14-5-15-29-50)56(82-69)46-73-39-48-24-10-3-11-25-48/h3-37,55-72H,2,38-47H2,1H3/t55-,56-,57-,58-,59-,60-,61-,62-,63+,64+,65-,66-,67-,68-,69+/m1/s1. The number of ether oxygens (including phenoxy) is 13. The summed E-state index contributed by atoms with van der Waals surface area (Å²) >= 11 is 0. The van der Waals surface area contributed by atoms with E-state index in [0.29, 0.717) is 0 Å². The van der Waals surface area contributed by atoms with Crippen molar-refractivity contribution in [1.29, 1.82) is 0 Å². The highest BCUT2D eigenvalue weighted by atomic mass is 16.8. The normalized spacial score (nSPS) is 27.8. The van der Waals surface area contributed by atoms with Gasteiger partial charge in [0.25, 0.3) is 0 Å². The maximum Gasteiger partial charge on any atom is 0.187 e. The Bertz CT molecular complexity index is 2920. The van der Waals surface area contributed by atoms with Crippen molar-refractivity contribution in [3.05, 3.63) is 251 Å². The van der Waals surface area contributed by atoms with Crippen molar-refractivity contribution in [2.75, 3.05) is 26.4 Å². The fraction of sp³-hybridized carbons (Fsp3) is 0.391. The van der Waals surface area contributed by atoms with Crippen LogP contribution in [0.5, 0.6) is 0 Å². The molecule has 7 aromatic rings. The molecule has 10 rings (SSSR count). The van der Waals surface area contributed by atoms with E-state index in [9.17, 15) is 15.3 Å². The first-order chi connectivity index (χ1) is 41.9. The molecule has 3 fully saturated rings. The summed E-state index contributed by atoms with van der Waals surface area (Å²) in [5.41, 5.74) is 6.36. The first kappa shape index (κ1) is 62.0. The minimum Gasteiger partial charge on any atom is -0.394 e. The predicted octanol–water partition coefficient (Wildman–Crippen LogP) is 9.04. The van der Waals surface area contributed by atoms with Crippen LogP contribution in [-0.2, 0) is 108 Å². The molecule has 3 N–H and O–H groups in total. The quantitative estimate of drug-likeness (QED) is 0.0388. The highest BCUT2D eigenvalue weighted by Crippen LogP contribution is 2.38. The number of benzene rings is 7. The molecule has 15 atom stereocenters. The monoisotopic (exact) mass is 1160 g/mol. The third-order valence-corrected chi connectivity index (χ3v) is 15.1. The summed E-state index contributed by atoms with van der Waals surface area (Å²) in [6.45, 7) is 2.50. The van der Waals surface area contributed by atoms with E-state index in [2.05, 4.69) is 0 Å². The summed E-state index contributed by atoms with van der Waals surface area (Å²) < 4.78 is 89.3. The van der Waals surface area contributed by atoms with Gasteiger partial charge in [-0.15, -0.1) is 0 Å². The Morgan fingerprint density at radius 3 is 0.953 bits per heavy atom. The second kappa shape index (κ2) is 32.6. The predicted molar refractivity (Wildman–Crippen MR) is 314 cm³/mol. The molecular formula is C69H78O16. The Morgan fingerprint density at radius 2 is 0.600 bits per heavy atom. The Labute approximate surface area is 497 Å². The molecule has 85 heavy (non-hydrogen) atoms. The number of hydrogen-bond acceptors (Lipinski definition) is 16. The van der Waals surface area contributed by atoms with Crippen molar-refractivity contribution in [3.63, 3.8) is 0 Å². The summed E-state index contributed by atoms with van der Waals surface area (Å²) in [6, 6.07) is 68.8. The van der Waals surface area contributed by atoms with E-state index in [0.717, 1.165) is 38.9 Å². The van der Waals surface area contributed by atoms with E-state index in [1.54, 1.807) is 6.92 Å². The zero-order chi connectivity index (χ0) is 58.4. The highest BCUT2D eigenvalue weighted by Gasteiger charge is 2.56. The van der Waals surface area contributed by atoms with E-state index in [1.807, 2.05) is 212 Å². The Balaban J connectivity index is 1.07. The van der Waals surface area contributed by atoms with Crippen molar-refractivity contribution in [2.45, 2.75) is 145 Å². The molecule has 3 aliphatic heterocycles. The Kier molecular flexibility index (Phi) is 23.8. The van der Waals surface area contributed by atoms with E-state index in [4.69, 9.17) is 61.6 Å². The summed E-state index contributed by atoms with van der Waals surface area (Å²) in [6.07, 6.45) is -17.3. The highest BCUT2D eigenvalue weighted by molar-refractivity contribution is 5.19. The van der Waals surface area contributed by atoms with Gasteiger partial charge in [0, 0.05) is 6.61 Å². The maximum atomic E-state index is 11.9. The topological polar surface area (TPSA) is 181 Å².